The fraction of sp³-hybridized carbons (Fsp3) is 0.154. The van der Waals surface area contributed by atoms with E-state index in [0.29, 0.717) is 28.8 Å². The molecule has 0 radical (unpaired) electrons. The van der Waals surface area contributed by atoms with Crippen molar-refractivity contribution < 1.29 is 19.4 Å². The minimum Gasteiger partial charge on any atom is -0.505 e. The largest absolute Gasteiger partial charge is 0.505 e. The van der Waals surface area contributed by atoms with E-state index in [1.165, 1.54) is 12.7 Å². The summed E-state index contributed by atoms with van der Waals surface area (Å²) in [6.07, 6.45) is 0.810. The van der Waals surface area contributed by atoms with Crippen LogP contribution in [0.15, 0.2) is 72.8 Å². The second-order valence-corrected chi connectivity index (χ2v) is 7.30. The first-order valence-electron chi connectivity index (χ1n) is 10.4. The molecule has 0 aliphatic heterocycles. The first-order valence-corrected chi connectivity index (χ1v) is 10.4. The van der Waals surface area contributed by atoms with Crippen LogP contribution in [0.1, 0.15) is 28.5 Å². The number of aromatic nitrogens is 1. The molecule has 4 aromatic rings. The molecular formula is C26H24N2O4. The number of amides is 1. The molecule has 0 bridgehead atoms. The van der Waals surface area contributed by atoms with Gasteiger partial charge in [-0.1, -0.05) is 42.5 Å². The van der Waals surface area contributed by atoms with Crippen molar-refractivity contribution in [2.45, 2.75) is 13.3 Å². The Hall–Kier alpha value is -4.06. The molecule has 0 aliphatic carbocycles. The summed E-state index contributed by atoms with van der Waals surface area (Å²) in [6.45, 7) is 2.22. The lowest BCUT2D eigenvalue weighted by Crippen LogP contribution is -2.24. The zero-order chi connectivity index (χ0) is 22.5. The molecule has 4 rings (SSSR count). The highest BCUT2D eigenvalue weighted by molar-refractivity contribution is 6.03. The van der Waals surface area contributed by atoms with Gasteiger partial charge in [0, 0.05) is 11.9 Å². The minimum atomic E-state index is -0.458. The van der Waals surface area contributed by atoms with Crippen molar-refractivity contribution in [2.24, 2.45) is 0 Å². The molecule has 0 aliphatic rings. The lowest BCUT2D eigenvalue weighted by atomic mass is 10.1. The van der Waals surface area contributed by atoms with Crippen LogP contribution >= 0.6 is 0 Å². The van der Waals surface area contributed by atoms with E-state index in [4.69, 9.17) is 9.47 Å². The second kappa shape index (κ2) is 9.39. The SMILES string of the molecule is CCNC(=O)c1nc(OC)c2cc(Oc3cccc(Cc4ccccc4)c3)ccc2c1O. The summed E-state index contributed by atoms with van der Waals surface area (Å²) in [4.78, 5) is 16.4. The fourth-order valence-electron chi connectivity index (χ4n) is 3.56. The maximum absolute atomic E-state index is 12.2. The van der Waals surface area contributed by atoms with Crippen LogP contribution in [-0.2, 0) is 6.42 Å². The number of aromatic hydroxyl groups is 1. The number of rotatable bonds is 7. The summed E-state index contributed by atoms with van der Waals surface area (Å²) in [5.41, 5.74) is 2.29. The van der Waals surface area contributed by atoms with Gasteiger partial charge in [0.2, 0.25) is 5.88 Å². The number of carbonyl (C=O) groups is 1. The summed E-state index contributed by atoms with van der Waals surface area (Å²) >= 11 is 0. The lowest BCUT2D eigenvalue weighted by molar-refractivity contribution is 0.0947. The number of hydrogen-bond donors (Lipinski definition) is 2. The second-order valence-electron chi connectivity index (χ2n) is 7.30. The molecular weight excluding hydrogens is 404 g/mol. The third-order valence-electron chi connectivity index (χ3n) is 5.05. The first kappa shape index (κ1) is 21.2. The minimum absolute atomic E-state index is 0.0709. The average Bonchev–Trinajstić information content (AvgIpc) is 2.80. The Morgan fingerprint density at radius 3 is 2.44 bits per heavy atom. The van der Waals surface area contributed by atoms with Crippen LogP contribution in [0.3, 0.4) is 0 Å². The van der Waals surface area contributed by atoms with Gasteiger partial charge in [-0.15, -0.1) is 0 Å². The molecule has 32 heavy (non-hydrogen) atoms. The number of nitrogens with one attached hydrogen (secondary N) is 1. The van der Waals surface area contributed by atoms with Gasteiger partial charge in [0.25, 0.3) is 5.91 Å². The number of benzene rings is 3. The summed E-state index contributed by atoms with van der Waals surface area (Å²) in [5, 5.41) is 14.3. The van der Waals surface area contributed by atoms with Crippen LogP contribution in [0.5, 0.6) is 23.1 Å². The van der Waals surface area contributed by atoms with E-state index in [9.17, 15) is 9.90 Å². The van der Waals surface area contributed by atoms with Crippen molar-refractivity contribution in [1.82, 2.24) is 10.3 Å². The van der Waals surface area contributed by atoms with Crippen molar-refractivity contribution in [3.05, 3.63) is 89.6 Å². The summed E-state index contributed by atoms with van der Waals surface area (Å²) in [6, 6.07) is 23.3. The standard InChI is InChI=1S/C26H24N2O4/c1-3-27-25(30)23-24(29)21-13-12-20(16-22(21)26(28-23)31-2)32-19-11-7-10-18(15-19)14-17-8-5-4-6-9-17/h4-13,15-16,29H,3,14H2,1-2H3,(H,27,30). The highest BCUT2D eigenvalue weighted by Gasteiger charge is 2.19. The Kier molecular flexibility index (Phi) is 6.22. The van der Waals surface area contributed by atoms with Crippen molar-refractivity contribution in [3.63, 3.8) is 0 Å². The molecule has 1 amide bonds. The molecule has 1 aromatic heterocycles. The fourth-order valence-corrected chi connectivity index (χ4v) is 3.56. The maximum atomic E-state index is 12.2. The highest BCUT2D eigenvalue weighted by Crippen LogP contribution is 2.36. The molecule has 1 heterocycles. The molecule has 0 spiro atoms. The molecule has 0 saturated carbocycles. The van der Waals surface area contributed by atoms with Gasteiger partial charge in [0.15, 0.2) is 11.4 Å². The van der Waals surface area contributed by atoms with Crippen molar-refractivity contribution in [2.75, 3.05) is 13.7 Å². The summed E-state index contributed by atoms with van der Waals surface area (Å²) < 4.78 is 11.5. The molecule has 0 atom stereocenters. The van der Waals surface area contributed by atoms with Crippen LogP contribution in [0.25, 0.3) is 10.8 Å². The first-order chi connectivity index (χ1) is 15.6. The van der Waals surface area contributed by atoms with Crippen LogP contribution in [0, 0.1) is 0 Å². The van der Waals surface area contributed by atoms with Gasteiger partial charge < -0.3 is 19.9 Å². The normalized spacial score (nSPS) is 10.7. The molecule has 6 heteroatoms. The Labute approximate surface area is 186 Å². The predicted octanol–water partition coefficient (Wildman–Crippen LogP) is 5.08. The molecule has 2 N–H and O–H groups in total. The van der Waals surface area contributed by atoms with Crippen molar-refractivity contribution >= 4 is 16.7 Å². The number of nitrogens with zero attached hydrogens (tertiary/aromatic N) is 1. The van der Waals surface area contributed by atoms with Crippen molar-refractivity contribution in [3.8, 4) is 23.1 Å². The van der Waals surface area contributed by atoms with Crippen LogP contribution < -0.4 is 14.8 Å². The van der Waals surface area contributed by atoms with Gasteiger partial charge in [-0.2, -0.15) is 0 Å². The molecule has 0 unspecified atom stereocenters. The van der Waals surface area contributed by atoms with Gasteiger partial charge >= 0.3 is 0 Å². The van der Waals surface area contributed by atoms with Crippen molar-refractivity contribution in [1.29, 1.82) is 0 Å². The van der Waals surface area contributed by atoms with E-state index in [1.54, 1.807) is 25.1 Å². The van der Waals surface area contributed by atoms with E-state index in [0.717, 1.165) is 12.0 Å². The average molecular weight is 428 g/mol. The van der Waals surface area contributed by atoms with Gasteiger partial charge in [-0.25, -0.2) is 4.98 Å². The number of methoxy groups -OCH3 is 1. The smallest absolute Gasteiger partial charge is 0.273 e. The topological polar surface area (TPSA) is 80.7 Å². The Bertz CT molecular complexity index is 1260. The molecule has 0 saturated heterocycles. The number of fused-ring (bicyclic) bond motifs is 1. The lowest BCUT2D eigenvalue weighted by Gasteiger charge is -2.13. The quantitative estimate of drug-likeness (QED) is 0.429. The molecule has 0 fully saturated rings. The number of carbonyl (C=O) groups excluding carboxylic acids is 1. The van der Waals surface area contributed by atoms with E-state index in [-0.39, 0.29) is 17.3 Å². The van der Waals surface area contributed by atoms with Gasteiger partial charge in [-0.05, 0) is 54.8 Å². The number of hydrogen-bond acceptors (Lipinski definition) is 5. The predicted molar refractivity (Wildman–Crippen MR) is 124 cm³/mol. The van der Waals surface area contributed by atoms with E-state index >= 15 is 0 Å². The summed E-state index contributed by atoms with van der Waals surface area (Å²) in [7, 11) is 1.47. The monoisotopic (exact) mass is 428 g/mol. The maximum Gasteiger partial charge on any atom is 0.273 e. The van der Waals surface area contributed by atoms with E-state index in [2.05, 4.69) is 28.5 Å². The van der Waals surface area contributed by atoms with E-state index < -0.39 is 5.91 Å². The highest BCUT2D eigenvalue weighted by atomic mass is 16.5. The van der Waals surface area contributed by atoms with Crippen LogP contribution in [0.4, 0.5) is 0 Å². The Balaban J connectivity index is 1.64. The number of pyridine rings is 1. The van der Waals surface area contributed by atoms with E-state index in [1.807, 2.05) is 36.4 Å². The van der Waals surface area contributed by atoms with Gasteiger partial charge in [-0.3, -0.25) is 4.79 Å². The molecule has 162 valence electrons. The van der Waals surface area contributed by atoms with Gasteiger partial charge in [0.1, 0.15) is 11.5 Å². The molecule has 3 aromatic carbocycles. The Morgan fingerprint density at radius 2 is 1.69 bits per heavy atom. The van der Waals surface area contributed by atoms with Crippen LogP contribution in [-0.4, -0.2) is 29.7 Å². The summed E-state index contributed by atoms with van der Waals surface area (Å²) in [5.74, 6) is 0.860. The Morgan fingerprint density at radius 1 is 0.938 bits per heavy atom. The zero-order valence-corrected chi connectivity index (χ0v) is 18.0. The zero-order valence-electron chi connectivity index (χ0n) is 18.0. The van der Waals surface area contributed by atoms with Gasteiger partial charge in [0.05, 0.1) is 12.5 Å². The third-order valence-corrected chi connectivity index (χ3v) is 5.05. The number of ether oxygens (including phenoxy) is 2. The van der Waals surface area contributed by atoms with Crippen LogP contribution in [0.2, 0.25) is 0 Å². The molecule has 6 nitrogen and oxygen atoms in total. The third kappa shape index (κ3) is 4.49.